The van der Waals surface area contributed by atoms with E-state index in [4.69, 9.17) is 18.9 Å². The smallest absolute Gasteiger partial charge is 0.261 e. The van der Waals surface area contributed by atoms with Crippen LogP contribution in [0.4, 0.5) is 0 Å². The Bertz CT molecular complexity index is 1340. The molecular formula is C31H32N2O6. The monoisotopic (exact) mass is 528 g/mol. The van der Waals surface area contributed by atoms with Crippen molar-refractivity contribution in [3.8, 4) is 17.0 Å². The van der Waals surface area contributed by atoms with Gasteiger partial charge in [-0.1, -0.05) is 36.4 Å². The third-order valence-corrected chi connectivity index (χ3v) is 7.81. The molecule has 2 amide bonds. The summed E-state index contributed by atoms with van der Waals surface area (Å²) in [5.41, 5.74) is 4.25. The van der Waals surface area contributed by atoms with E-state index in [1.54, 1.807) is 37.6 Å². The van der Waals surface area contributed by atoms with Crippen LogP contribution in [0.25, 0.3) is 11.1 Å². The van der Waals surface area contributed by atoms with E-state index >= 15 is 0 Å². The van der Waals surface area contributed by atoms with Gasteiger partial charge in [-0.25, -0.2) is 4.98 Å². The lowest BCUT2D eigenvalue weighted by molar-refractivity contribution is -0.210. The summed E-state index contributed by atoms with van der Waals surface area (Å²) in [5, 5.41) is 0. The van der Waals surface area contributed by atoms with Gasteiger partial charge in [-0.15, -0.1) is 0 Å². The van der Waals surface area contributed by atoms with E-state index < -0.39 is 12.1 Å². The van der Waals surface area contributed by atoms with Gasteiger partial charge in [0.25, 0.3) is 11.8 Å². The SMILES string of the molecule is COc1ccc(-c2ccc(CC[C@H]3O[C@H]4OC(C)(C)O[C@H]4[C@H]3CCN3C(=O)c4ccccc4C3=O)cc2)cn1. The fraction of sp³-hybridized carbons (Fsp3) is 0.387. The average Bonchev–Trinajstić information content (AvgIpc) is 3.51. The zero-order chi connectivity index (χ0) is 27.1. The number of aryl methyl sites for hydroxylation is 1. The highest BCUT2D eigenvalue weighted by molar-refractivity contribution is 6.21. The largest absolute Gasteiger partial charge is 0.481 e. The Kier molecular flexibility index (Phi) is 6.71. The van der Waals surface area contributed by atoms with E-state index in [-0.39, 0.29) is 29.9 Å². The van der Waals surface area contributed by atoms with E-state index in [9.17, 15) is 9.59 Å². The van der Waals surface area contributed by atoms with Gasteiger partial charge in [-0.2, -0.15) is 0 Å². The van der Waals surface area contributed by atoms with Crippen molar-refractivity contribution < 1.29 is 28.5 Å². The summed E-state index contributed by atoms with van der Waals surface area (Å²) < 4.78 is 23.7. The molecule has 3 aromatic rings. The molecule has 8 nitrogen and oxygen atoms in total. The first-order valence-corrected chi connectivity index (χ1v) is 13.4. The second-order valence-electron chi connectivity index (χ2n) is 10.7. The molecule has 0 radical (unpaired) electrons. The number of aromatic nitrogens is 1. The molecule has 4 atom stereocenters. The summed E-state index contributed by atoms with van der Waals surface area (Å²) in [4.78, 5) is 31.4. The number of pyridine rings is 1. The van der Waals surface area contributed by atoms with Crippen LogP contribution in [0.15, 0.2) is 66.9 Å². The quantitative estimate of drug-likeness (QED) is 0.386. The van der Waals surface area contributed by atoms with Gasteiger partial charge in [-0.3, -0.25) is 14.5 Å². The third kappa shape index (κ3) is 4.95. The maximum atomic E-state index is 12.9. The number of hydrogen-bond donors (Lipinski definition) is 0. The number of rotatable bonds is 8. The lowest BCUT2D eigenvalue weighted by Crippen LogP contribution is -2.36. The Morgan fingerprint density at radius 1 is 0.897 bits per heavy atom. The van der Waals surface area contributed by atoms with Gasteiger partial charge in [0, 0.05) is 30.3 Å². The Hall–Kier alpha value is -3.59. The normalized spacial score (nSPS) is 25.2. The van der Waals surface area contributed by atoms with Crippen molar-refractivity contribution in [2.75, 3.05) is 13.7 Å². The first kappa shape index (κ1) is 25.7. The molecule has 2 fully saturated rings. The molecule has 0 aliphatic carbocycles. The number of carbonyl (C=O) groups is 2. The summed E-state index contributed by atoms with van der Waals surface area (Å²) >= 11 is 0. The van der Waals surface area contributed by atoms with Gasteiger partial charge in [0.05, 0.1) is 24.3 Å². The van der Waals surface area contributed by atoms with Crippen LogP contribution >= 0.6 is 0 Å². The van der Waals surface area contributed by atoms with Crippen LogP contribution in [-0.2, 0) is 20.6 Å². The lowest BCUT2D eigenvalue weighted by atomic mass is 9.90. The molecule has 1 aromatic heterocycles. The molecule has 2 saturated heterocycles. The molecule has 39 heavy (non-hydrogen) atoms. The molecule has 202 valence electrons. The minimum Gasteiger partial charge on any atom is -0.481 e. The van der Waals surface area contributed by atoms with E-state index in [0.29, 0.717) is 30.0 Å². The van der Waals surface area contributed by atoms with Crippen LogP contribution in [0.5, 0.6) is 5.88 Å². The fourth-order valence-electron chi connectivity index (χ4n) is 5.83. The van der Waals surface area contributed by atoms with Crippen LogP contribution in [-0.4, -0.2) is 59.6 Å². The summed E-state index contributed by atoms with van der Waals surface area (Å²) in [6, 6.07) is 19.3. The molecule has 0 spiro atoms. The van der Waals surface area contributed by atoms with E-state index in [1.165, 1.54) is 10.5 Å². The second kappa shape index (κ2) is 10.2. The van der Waals surface area contributed by atoms with Gasteiger partial charge in [0.1, 0.15) is 6.10 Å². The molecule has 3 aliphatic rings. The zero-order valence-electron chi connectivity index (χ0n) is 22.3. The van der Waals surface area contributed by atoms with Crippen molar-refractivity contribution in [3.05, 3.63) is 83.6 Å². The van der Waals surface area contributed by atoms with Crippen molar-refractivity contribution in [2.45, 2.75) is 57.4 Å². The highest BCUT2D eigenvalue weighted by atomic mass is 16.8. The molecule has 0 bridgehead atoms. The maximum Gasteiger partial charge on any atom is 0.261 e. The summed E-state index contributed by atoms with van der Waals surface area (Å²) in [5.74, 6) is -0.631. The minimum atomic E-state index is -0.736. The number of carbonyl (C=O) groups excluding carboxylic acids is 2. The van der Waals surface area contributed by atoms with Crippen molar-refractivity contribution in [3.63, 3.8) is 0 Å². The topological polar surface area (TPSA) is 87.2 Å². The Morgan fingerprint density at radius 2 is 1.59 bits per heavy atom. The molecule has 0 unspecified atom stereocenters. The molecule has 0 N–H and O–H groups in total. The number of nitrogens with zero attached hydrogens (tertiary/aromatic N) is 2. The Balaban J connectivity index is 1.12. The number of benzene rings is 2. The summed E-state index contributed by atoms with van der Waals surface area (Å²) in [6.07, 6.45) is 3.16. The van der Waals surface area contributed by atoms with Crippen LogP contribution in [0, 0.1) is 5.92 Å². The first-order valence-electron chi connectivity index (χ1n) is 13.4. The number of amides is 2. The average molecular weight is 529 g/mol. The standard InChI is InChI=1S/C31H32N2O6/c1-31(2)38-27-24(16-17-33-28(34)22-6-4-5-7-23(22)29(33)35)25(37-30(27)39-31)14-10-19-8-11-20(12-9-19)21-13-15-26(36-3)32-18-21/h4-9,11-13,15,18,24-25,27,30H,10,14,16-17H2,1-3H3/t24-,25+,27-,30-/m0/s1. The number of hydrogen-bond acceptors (Lipinski definition) is 7. The molecule has 2 aromatic carbocycles. The van der Waals surface area contributed by atoms with Gasteiger partial charge >= 0.3 is 0 Å². The second-order valence-corrected chi connectivity index (χ2v) is 10.7. The lowest BCUT2D eigenvalue weighted by Gasteiger charge is -2.27. The zero-order valence-corrected chi connectivity index (χ0v) is 22.3. The molecule has 4 heterocycles. The third-order valence-electron chi connectivity index (χ3n) is 7.81. The van der Waals surface area contributed by atoms with Gasteiger partial charge in [-0.05, 0) is 62.4 Å². The number of ether oxygens (including phenoxy) is 4. The van der Waals surface area contributed by atoms with Crippen LogP contribution in [0.2, 0.25) is 0 Å². The molecule has 3 aliphatic heterocycles. The Morgan fingerprint density at radius 3 is 2.23 bits per heavy atom. The first-order chi connectivity index (χ1) is 18.8. The predicted octanol–water partition coefficient (Wildman–Crippen LogP) is 4.87. The molecule has 0 saturated carbocycles. The highest BCUT2D eigenvalue weighted by Crippen LogP contribution is 2.43. The van der Waals surface area contributed by atoms with Gasteiger partial charge in [0.2, 0.25) is 5.88 Å². The maximum absolute atomic E-state index is 12.9. The molecular weight excluding hydrogens is 496 g/mol. The van der Waals surface area contributed by atoms with Gasteiger partial charge < -0.3 is 18.9 Å². The summed E-state index contributed by atoms with van der Waals surface area (Å²) in [7, 11) is 1.60. The van der Waals surface area contributed by atoms with Crippen LogP contribution in [0.1, 0.15) is 53.0 Å². The summed E-state index contributed by atoms with van der Waals surface area (Å²) in [6.45, 7) is 4.07. The number of methoxy groups -OCH3 is 1. The van der Waals surface area contributed by atoms with Crippen molar-refractivity contribution in [1.29, 1.82) is 0 Å². The Labute approximate surface area is 227 Å². The minimum absolute atomic E-state index is 0.00858. The van der Waals surface area contributed by atoms with Crippen LogP contribution < -0.4 is 4.74 Å². The number of fused-ring (bicyclic) bond motifs is 2. The van der Waals surface area contributed by atoms with E-state index in [0.717, 1.165) is 24.0 Å². The van der Waals surface area contributed by atoms with Gasteiger partial charge in [0.15, 0.2) is 12.1 Å². The van der Waals surface area contributed by atoms with Crippen molar-refractivity contribution in [2.24, 2.45) is 5.92 Å². The van der Waals surface area contributed by atoms with Crippen LogP contribution in [0.3, 0.4) is 0 Å². The van der Waals surface area contributed by atoms with Crippen molar-refractivity contribution >= 4 is 11.8 Å². The van der Waals surface area contributed by atoms with Crippen molar-refractivity contribution in [1.82, 2.24) is 9.88 Å². The highest BCUT2D eigenvalue weighted by Gasteiger charge is 2.54. The molecule has 8 heteroatoms. The van der Waals surface area contributed by atoms with E-state index in [2.05, 4.69) is 29.2 Å². The fourth-order valence-corrected chi connectivity index (χ4v) is 5.83. The molecule has 6 rings (SSSR count). The number of imide groups is 1. The predicted molar refractivity (Wildman–Crippen MR) is 143 cm³/mol. The van der Waals surface area contributed by atoms with E-state index in [1.807, 2.05) is 26.0 Å².